The van der Waals surface area contributed by atoms with Gasteiger partial charge in [0.1, 0.15) is 0 Å². The summed E-state index contributed by atoms with van der Waals surface area (Å²) < 4.78 is 1.10. The first-order valence-electron chi connectivity index (χ1n) is 4.83. The molecule has 0 amide bonds. The molecule has 0 saturated carbocycles. The molecule has 16 heavy (non-hydrogen) atoms. The maximum atomic E-state index is 5.60. The van der Waals surface area contributed by atoms with Crippen LogP contribution in [0.1, 0.15) is 22.9 Å². The topological polar surface area (TPSA) is 50.9 Å². The zero-order valence-corrected chi connectivity index (χ0v) is 11.2. The quantitative estimate of drug-likeness (QED) is 0.677. The molecular formula is C11H12BrN3S. The standard InChI is InChI=1S/C11H12BrN3S/c1-7-2-3-8(5-14-7)11(15-13)9-4-10(12)16-6-9/h2-6,11,15H,13H2,1H3. The van der Waals surface area contributed by atoms with E-state index in [1.807, 2.05) is 25.3 Å². The SMILES string of the molecule is Cc1ccc(C(NN)c2csc(Br)c2)cn1. The molecule has 1 atom stereocenters. The van der Waals surface area contributed by atoms with E-state index in [0.29, 0.717) is 0 Å². The Kier molecular flexibility index (Phi) is 3.70. The molecule has 0 fully saturated rings. The van der Waals surface area contributed by atoms with E-state index >= 15 is 0 Å². The van der Waals surface area contributed by atoms with Crippen molar-refractivity contribution in [2.24, 2.45) is 5.84 Å². The fourth-order valence-electron chi connectivity index (χ4n) is 1.51. The molecule has 0 aliphatic carbocycles. The van der Waals surface area contributed by atoms with E-state index in [1.54, 1.807) is 11.3 Å². The van der Waals surface area contributed by atoms with Crippen LogP contribution in [0.5, 0.6) is 0 Å². The molecule has 0 aliphatic rings. The Hall–Kier alpha value is -0.750. The lowest BCUT2D eigenvalue weighted by molar-refractivity contribution is 0.636. The fraction of sp³-hybridized carbons (Fsp3) is 0.182. The molecule has 0 aliphatic heterocycles. The lowest BCUT2D eigenvalue weighted by atomic mass is 10.0. The minimum atomic E-state index is -0.00403. The number of thiophene rings is 1. The number of rotatable bonds is 3. The van der Waals surface area contributed by atoms with Crippen LogP contribution in [0.15, 0.2) is 33.6 Å². The first-order valence-corrected chi connectivity index (χ1v) is 6.50. The van der Waals surface area contributed by atoms with E-state index in [4.69, 9.17) is 5.84 Å². The molecule has 2 heterocycles. The Morgan fingerprint density at radius 2 is 2.25 bits per heavy atom. The minimum absolute atomic E-state index is 0.00403. The second-order valence-corrected chi connectivity index (χ2v) is 5.81. The van der Waals surface area contributed by atoms with Crippen LogP contribution in [0.4, 0.5) is 0 Å². The van der Waals surface area contributed by atoms with Gasteiger partial charge in [0, 0.05) is 11.9 Å². The molecule has 0 aromatic carbocycles. The Balaban J connectivity index is 2.32. The Morgan fingerprint density at radius 1 is 1.44 bits per heavy atom. The molecule has 2 aromatic rings. The second-order valence-electron chi connectivity index (χ2n) is 3.52. The van der Waals surface area contributed by atoms with Crippen molar-refractivity contribution in [3.8, 4) is 0 Å². The highest BCUT2D eigenvalue weighted by atomic mass is 79.9. The highest BCUT2D eigenvalue weighted by Crippen LogP contribution is 2.28. The zero-order valence-electron chi connectivity index (χ0n) is 8.77. The van der Waals surface area contributed by atoms with Crippen LogP contribution in [0, 0.1) is 6.92 Å². The molecule has 0 spiro atoms. The fourth-order valence-corrected chi connectivity index (χ4v) is 2.71. The van der Waals surface area contributed by atoms with Gasteiger partial charge in [-0.2, -0.15) is 0 Å². The van der Waals surface area contributed by atoms with Gasteiger partial charge in [-0.1, -0.05) is 6.07 Å². The minimum Gasteiger partial charge on any atom is -0.271 e. The van der Waals surface area contributed by atoms with E-state index in [2.05, 4.69) is 37.8 Å². The number of hydrogen-bond donors (Lipinski definition) is 2. The smallest absolute Gasteiger partial charge is 0.0733 e. The van der Waals surface area contributed by atoms with E-state index in [1.165, 1.54) is 0 Å². The maximum absolute atomic E-state index is 5.60. The lowest BCUT2D eigenvalue weighted by Gasteiger charge is -2.14. The summed E-state index contributed by atoms with van der Waals surface area (Å²) in [5, 5.41) is 2.08. The first kappa shape index (κ1) is 11.7. The Labute approximate surface area is 107 Å². The van der Waals surface area contributed by atoms with E-state index in [0.717, 1.165) is 20.6 Å². The summed E-state index contributed by atoms with van der Waals surface area (Å²) in [6.07, 6.45) is 1.85. The molecule has 5 heteroatoms. The molecule has 1 unspecified atom stereocenters. The summed E-state index contributed by atoms with van der Waals surface area (Å²) in [5.41, 5.74) is 6.03. The van der Waals surface area contributed by atoms with Crippen molar-refractivity contribution in [2.75, 3.05) is 0 Å². The summed E-state index contributed by atoms with van der Waals surface area (Å²) >= 11 is 5.09. The number of aromatic nitrogens is 1. The Morgan fingerprint density at radius 3 is 2.75 bits per heavy atom. The normalized spacial score (nSPS) is 12.7. The molecule has 3 N–H and O–H groups in total. The number of nitrogens with zero attached hydrogens (tertiary/aromatic N) is 1. The summed E-state index contributed by atoms with van der Waals surface area (Å²) in [6, 6.07) is 6.09. The number of aryl methyl sites for hydroxylation is 1. The maximum Gasteiger partial charge on any atom is 0.0733 e. The molecule has 3 nitrogen and oxygen atoms in total. The van der Waals surface area contributed by atoms with Crippen LogP contribution in [-0.4, -0.2) is 4.98 Å². The van der Waals surface area contributed by atoms with Gasteiger partial charge in [0.25, 0.3) is 0 Å². The number of hydrazine groups is 1. The predicted molar refractivity (Wildman–Crippen MR) is 70.2 cm³/mol. The number of nitrogens with one attached hydrogen (secondary N) is 1. The largest absolute Gasteiger partial charge is 0.271 e. The van der Waals surface area contributed by atoms with Crippen molar-refractivity contribution >= 4 is 27.3 Å². The van der Waals surface area contributed by atoms with Crippen molar-refractivity contribution in [2.45, 2.75) is 13.0 Å². The van der Waals surface area contributed by atoms with Crippen LogP contribution in [0.3, 0.4) is 0 Å². The van der Waals surface area contributed by atoms with Crippen LogP contribution < -0.4 is 11.3 Å². The third-order valence-corrected chi connectivity index (χ3v) is 3.88. The highest BCUT2D eigenvalue weighted by Gasteiger charge is 2.13. The number of pyridine rings is 1. The number of halogens is 1. The summed E-state index contributed by atoms with van der Waals surface area (Å²) in [5.74, 6) is 5.60. The van der Waals surface area contributed by atoms with Crippen molar-refractivity contribution < 1.29 is 0 Å². The number of nitrogens with two attached hydrogens (primary N) is 1. The lowest BCUT2D eigenvalue weighted by Crippen LogP contribution is -2.28. The van der Waals surface area contributed by atoms with Gasteiger partial charge in [0.2, 0.25) is 0 Å². The summed E-state index contributed by atoms with van der Waals surface area (Å²) in [7, 11) is 0. The van der Waals surface area contributed by atoms with Crippen LogP contribution in [-0.2, 0) is 0 Å². The van der Waals surface area contributed by atoms with Gasteiger partial charge in [-0.25, -0.2) is 5.43 Å². The van der Waals surface area contributed by atoms with Crippen molar-refractivity contribution in [1.29, 1.82) is 0 Å². The van der Waals surface area contributed by atoms with Crippen LogP contribution >= 0.6 is 27.3 Å². The van der Waals surface area contributed by atoms with Gasteiger partial charge < -0.3 is 0 Å². The molecule has 2 rings (SSSR count). The average Bonchev–Trinajstić information content (AvgIpc) is 2.69. The second kappa shape index (κ2) is 5.05. The third-order valence-electron chi connectivity index (χ3n) is 2.36. The molecule has 0 saturated heterocycles. The molecule has 2 aromatic heterocycles. The average molecular weight is 298 g/mol. The van der Waals surface area contributed by atoms with Crippen LogP contribution in [0.2, 0.25) is 0 Å². The monoisotopic (exact) mass is 297 g/mol. The molecule has 0 radical (unpaired) electrons. The summed E-state index contributed by atoms with van der Waals surface area (Å²) in [6.45, 7) is 1.97. The zero-order chi connectivity index (χ0) is 11.5. The Bertz CT molecular complexity index is 466. The van der Waals surface area contributed by atoms with Crippen molar-refractivity contribution in [3.05, 3.63) is 50.4 Å². The van der Waals surface area contributed by atoms with E-state index in [-0.39, 0.29) is 6.04 Å². The molecule has 84 valence electrons. The van der Waals surface area contributed by atoms with Gasteiger partial charge in [-0.05, 0) is 51.5 Å². The summed E-state index contributed by atoms with van der Waals surface area (Å²) in [4.78, 5) is 4.28. The first-order chi connectivity index (χ1) is 7.70. The van der Waals surface area contributed by atoms with Gasteiger partial charge in [0.15, 0.2) is 0 Å². The third kappa shape index (κ3) is 2.49. The van der Waals surface area contributed by atoms with Gasteiger partial charge >= 0.3 is 0 Å². The number of hydrogen-bond acceptors (Lipinski definition) is 4. The van der Waals surface area contributed by atoms with Gasteiger partial charge in [-0.15, -0.1) is 11.3 Å². The molecule has 0 bridgehead atoms. The predicted octanol–water partition coefficient (Wildman–Crippen LogP) is 2.77. The van der Waals surface area contributed by atoms with Gasteiger partial charge in [-0.3, -0.25) is 10.8 Å². The van der Waals surface area contributed by atoms with E-state index < -0.39 is 0 Å². The van der Waals surface area contributed by atoms with Crippen molar-refractivity contribution in [1.82, 2.24) is 10.4 Å². The van der Waals surface area contributed by atoms with E-state index in [9.17, 15) is 0 Å². The highest BCUT2D eigenvalue weighted by molar-refractivity contribution is 9.11. The molecular weight excluding hydrogens is 286 g/mol. The van der Waals surface area contributed by atoms with Gasteiger partial charge in [0.05, 0.1) is 9.83 Å². The van der Waals surface area contributed by atoms with Crippen molar-refractivity contribution in [3.63, 3.8) is 0 Å². The van der Waals surface area contributed by atoms with Crippen LogP contribution in [0.25, 0.3) is 0 Å².